The van der Waals surface area contributed by atoms with E-state index in [1.807, 2.05) is 0 Å². The van der Waals surface area contributed by atoms with Crippen LogP contribution in [-0.4, -0.2) is 28.4 Å². The molecule has 0 aromatic heterocycles. The van der Waals surface area contributed by atoms with Gasteiger partial charge in [-0.1, -0.05) is 0 Å². The average molecular weight is 681 g/mol. The van der Waals surface area contributed by atoms with Gasteiger partial charge in [-0.2, -0.15) is 26.3 Å². The number of nitrogen functional groups attached to an aromatic ring is 2. The number of halogens is 6. The molecule has 8 nitrogen and oxygen atoms in total. The smallest absolute Gasteiger partial charge is 0.420 e. The van der Waals surface area contributed by atoms with E-state index in [9.17, 15) is 26.3 Å². The number of alkyl halides is 6. The van der Waals surface area contributed by atoms with Gasteiger partial charge in [0.05, 0.1) is 26.4 Å². The Bertz CT molecular complexity index is 1560. The summed E-state index contributed by atoms with van der Waals surface area (Å²) in [6.45, 7) is -0.204. The topological polar surface area (TPSA) is 107 Å². The van der Waals surface area contributed by atoms with Crippen LogP contribution in [0, 0.1) is 0 Å². The first kappa shape index (κ1) is 36.3. The molecule has 0 saturated heterocycles. The van der Waals surface area contributed by atoms with Crippen molar-refractivity contribution < 1.29 is 54.8 Å². The Morgan fingerprint density at radius 2 is 0.771 bits per heavy atom. The van der Waals surface area contributed by atoms with Crippen molar-refractivity contribution in [3.05, 3.63) is 94.0 Å². The van der Waals surface area contributed by atoms with Crippen LogP contribution in [0.4, 0.5) is 37.7 Å². The predicted molar refractivity (Wildman–Crippen MR) is 167 cm³/mol. The number of anilines is 2. The molecule has 0 bridgehead atoms. The number of nitrogens with two attached hydrogens (primary N) is 2. The molecule has 0 unspecified atom stereocenters. The quantitative estimate of drug-likeness (QED) is 0.107. The van der Waals surface area contributed by atoms with Crippen LogP contribution in [0.25, 0.3) is 11.1 Å². The lowest BCUT2D eigenvalue weighted by atomic mass is 9.95. The van der Waals surface area contributed by atoms with E-state index in [2.05, 4.69) is 0 Å². The number of rotatable bonds is 13. The van der Waals surface area contributed by atoms with Gasteiger partial charge in [-0.05, 0) is 71.8 Å². The molecular weight excluding hydrogens is 646 g/mol. The molecule has 0 aliphatic rings. The highest BCUT2D eigenvalue weighted by Gasteiger charge is 2.36. The van der Waals surface area contributed by atoms with Crippen LogP contribution in [0.15, 0.2) is 60.7 Å². The Balaban J connectivity index is 1.89. The maximum absolute atomic E-state index is 13.9. The molecule has 4 rings (SSSR count). The summed E-state index contributed by atoms with van der Waals surface area (Å²) in [7, 11) is 5.68. The van der Waals surface area contributed by atoms with Gasteiger partial charge in [-0.3, -0.25) is 0 Å². The highest BCUT2D eigenvalue weighted by atomic mass is 19.4. The van der Waals surface area contributed by atoms with Gasteiger partial charge in [0, 0.05) is 62.1 Å². The van der Waals surface area contributed by atoms with Gasteiger partial charge in [0.2, 0.25) is 0 Å². The number of hydrogen-bond acceptors (Lipinski definition) is 8. The molecule has 4 aromatic rings. The molecule has 14 heteroatoms. The van der Waals surface area contributed by atoms with Gasteiger partial charge < -0.3 is 39.9 Å². The van der Waals surface area contributed by atoms with E-state index < -0.39 is 35.0 Å². The normalized spacial score (nSPS) is 12.0. The molecule has 0 heterocycles. The van der Waals surface area contributed by atoms with E-state index in [0.717, 1.165) is 24.3 Å². The second-order valence-electron chi connectivity index (χ2n) is 10.7. The van der Waals surface area contributed by atoms with Gasteiger partial charge in [0.1, 0.15) is 34.1 Å². The molecule has 4 N–H and O–H groups in total. The minimum Gasteiger partial charge on any atom is -0.456 e. The monoisotopic (exact) mass is 680 g/mol. The van der Waals surface area contributed by atoms with Crippen molar-refractivity contribution in [1.82, 2.24) is 0 Å². The van der Waals surface area contributed by atoms with Gasteiger partial charge in [0.15, 0.2) is 0 Å². The molecule has 0 spiro atoms. The zero-order valence-corrected chi connectivity index (χ0v) is 26.5. The molecule has 258 valence electrons. The zero-order chi connectivity index (χ0) is 35.2. The van der Waals surface area contributed by atoms with Crippen LogP contribution < -0.4 is 20.9 Å². The summed E-state index contributed by atoms with van der Waals surface area (Å²) in [6.07, 6.45) is -9.50. The first-order chi connectivity index (χ1) is 22.7. The third-order valence-electron chi connectivity index (χ3n) is 7.06. The maximum Gasteiger partial charge on any atom is 0.420 e. The van der Waals surface area contributed by atoms with Crippen LogP contribution >= 0.6 is 0 Å². The van der Waals surface area contributed by atoms with E-state index in [1.165, 1.54) is 40.6 Å². The third kappa shape index (κ3) is 8.50. The summed E-state index contributed by atoms with van der Waals surface area (Å²) >= 11 is 0. The Kier molecular flexibility index (Phi) is 11.5. The zero-order valence-electron chi connectivity index (χ0n) is 26.5. The second-order valence-corrected chi connectivity index (χ2v) is 10.7. The summed E-state index contributed by atoms with van der Waals surface area (Å²) in [4.78, 5) is 0. The SMILES string of the molecule is COCc1cc(-c2cc(COC)c(Oc3ccc(N)cc3C(F)(F)F)c(COC)c2)cc(COC)c1Oc1ccc(N)cc1C(F)(F)F. The summed E-state index contributed by atoms with van der Waals surface area (Å²) in [5.41, 5.74) is 11.7. The molecule has 0 aliphatic carbocycles. The van der Waals surface area contributed by atoms with Crippen molar-refractivity contribution >= 4 is 11.4 Å². The maximum atomic E-state index is 13.9. The molecule has 48 heavy (non-hydrogen) atoms. The van der Waals surface area contributed by atoms with Crippen LogP contribution in [0.2, 0.25) is 0 Å². The molecule has 0 fully saturated rings. The minimum atomic E-state index is -4.75. The summed E-state index contributed by atoms with van der Waals surface area (Å²) in [6, 6.07) is 13.1. The summed E-state index contributed by atoms with van der Waals surface area (Å²) < 4.78 is 117. The van der Waals surface area contributed by atoms with Crippen molar-refractivity contribution in [3.8, 4) is 34.1 Å². The van der Waals surface area contributed by atoms with Crippen LogP contribution in [0.3, 0.4) is 0 Å². The predicted octanol–water partition coefficient (Wildman–Crippen LogP) is 8.73. The molecule has 0 aliphatic heterocycles. The first-order valence-electron chi connectivity index (χ1n) is 14.3. The first-order valence-corrected chi connectivity index (χ1v) is 14.3. The number of benzene rings is 4. The minimum absolute atomic E-state index is 0.0510. The van der Waals surface area contributed by atoms with E-state index in [-0.39, 0.29) is 49.3 Å². The Morgan fingerprint density at radius 3 is 1.02 bits per heavy atom. The van der Waals surface area contributed by atoms with E-state index >= 15 is 0 Å². The van der Waals surface area contributed by atoms with Gasteiger partial charge in [-0.15, -0.1) is 0 Å². The largest absolute Gasteiger partial charge is 0.456 e. The van der Waals surface area contributed by atoms with Crippen molar-refractivity contribution in [3.63, 3.8) is 0 Å². The highest BCUT2D eigenvalue weighted by Crippen LogP contribution is 2.44. The van der Waals surface area contributed by atoms with E-state index in [4.69, 9.17) is 39.9 Å². The molecule has 0 amide bonds. The van der Waals surface area contributed by atoms with Crippen molar-refractivity contribution in [2.24, 2.45) is 0 Å². The van der Waals surface area contributed by atoms with E-state index in [0.29, 0.717) is 33.4 Å². The lowest BCUT2D eigenvalue weighted by Gasteiger charge is -2.22. The van der Waals surface area contributed by atoms with Gasteiger partial charge in [-0.25, -0.2) is 0 Å². The Hall–Kier alpha value is -4.50. The van der Waals surface area contributed by atoms with Gasteiger partial charge >= 0.3 is 12.4 Å². The number of hydrogen-bond donors (Lipinski definition) is 2. The summed E-state index contributed by atoms with van der Waals surface area (Å²) in [5, 5.41) is 0. The highest BCUT2D eigenvalue weighted by molar-refractivity contribution is 5.71. The van der Waals surface area contributed by atoms with Crippen LogP contribution in [0.5, 0.6) is 23.0 Å². The fraction of sp³-hybridized carbons (Fsp3) is 0.294. The fourth-order valence-electron chi connectivity index (χ4n) is 5.09. The number of methoxy groups -OCH3 is 4. The standard InChI is InChI=1S/C34H34F6N2O6/c1-43-15-21-9-19(10-22(16-44-2)31(21)47-29-7-5-25(41)13-27(29)33(35,36)37)20-11-23(17-45-3)32(24(12-20)18-46-4)48-30-8-6-26(42)14-28(30)34(38,39)40/h5-14H,15-18,41-42H2,1-4H3. The van der Waals surface area contributed by atoms with E-state index in [1.54, 1.807) is 24.3 Å². The Morgan fingerprint density at radius 1 is 0.479 bits per heavy atom. The lowest BCUT2D eigenvalue weighted by Crippen LogP contribution is -2.10. The van der Waals surface area contributed by atoms with Gasteiger partial charge in [0.25, 0.3) is 0 Å². The second kappa shape index (κ2) is 15.2. The van der Waals surface area contributed by atoms with Crippen molar-refractivity contribution in [2.75, 3.05) is 39.9 Å². The third-order valence-corrected chi connectivity index (χ3v) is 7.06. The molecule has 0 atom stereocenters. The number of ether oxygens (including phenoxy) is 6. The van der Waals surface area contributed by atoms with Crippen molar-refractivity contribution in [2.45, 2.75) is 38.8 Å². The van der Waals surface area contributed by atoms with Crippen LogP contribution in [0.1, 0.15) is 33.4 Å². The molecule has 0 saturated carbocycles. The molecule has 4 aromatic carbocycles. The fourth-order valence-corrected chi connectivity index (χ4v) is 5.09. The Labute approximate surface area is 273 Å². The lowest BCUT2D eigenvalue weighted by molar-refractivity contribution is -0.139. The molecular formula is C34H34F6N2O6. The van der Waals surface area contributed by atoms with Crippen molar-refractivity contribution in [1.29, 1.82) is 0 Å². The summed E-state index contributed by atoms with van der Waals surface area (Å²) in [5.74, 6) is -0.748. The average Bonchev–Trinajstić information content (AvgIpc) is 3.01. The molecule has 0 radical (unpaired) electrons. The van der Waals surface area contributed by atoms with Crippen LogP contribution in [-0.2, 0) is 57.7 Å².